The number of benzene rings is 2. The minimum Gasteiger partial charge on any atom is -0.385 e. The summed E-state index contributed by atoms with van der Waals surface area (Å²) in [4.78, 5) is 16.5. The molecule has 6 rings (SSSR count). The van der Waals surface area contributed by atoms with E-state index in [2.05, 4.69) is 79.6 Å². The number of aromatic amines is 1. The van der Waals surface area contributed by atoms with E-state index >= 15 is 0 Å². The summed E-state index contributed by atoms with van der Waals surface area (Å²) < 4.78 is 7.62. The smallest absolute Gasteiger partial charge is 0.226 e. The number of para-hydroxylation sites is 1. The van der Waals surface area contributed by atoms with Gasteiger partial charge >= 0.3 is 0 Å². The lowest BCUT2D eigenvalue weighted by atomic mass is 9.74. The fourth-order valence-electron chi connectivity index (χ4n) is 6.28. The van der Waals surface area contributed by atoms with Crippen molar-refractivity contribution in [1.82, 2.24) is 24.9 Å². The Morgan fingerprint density at radius 3 is 2.79 bits per heavy atom. The molecule has 2 fully saturated rings. The fraction of sp³-hybridized carbons (Fsp3) is 0.452. The van der Waals surface area contributed by atoms with Crippen LogP contribution >= 0.6 is 0 Å². The van der Waals surface area contributed by atoms with Gasteiger partial charge in [-0.3, -0.25) is 4.79 Å². The van der Waals surface area contributed by atoms with Gasteiger partial charge in [0.15, 0.2) is 0 Å². The molecule has 2 heterocycles. The zero-order chi connectivity index (χ0) is 25.9. The van der Waals surface area contributed by atoms with E-state index in [-0.39, 0.29) is 11.8 Å². The largest absolute Gasteiger partial charge is 0.385 e. The average molecular weight is 512 g/mol. The minimum atomic E-state index is 0.0203. The van der Waals surface area contributed by atoms with Crippen LogP contribution in [0.2, 0.25) is 0 Å². The Labute approximate surface area is 224 Å². The van der Waals surface area contributed by atoms with E-state index in [1.54, 1.807) is 13.3 Å². The maximum atomic E-state index is 14.3. The number of amides is 1. The fourth-order valence-corrected chi connectivity index (χ4v) is 6.28. The highest BCUT2D eigenvalue weighted by Crippen LogP contribution is 2.42. The summed E-state index contributed by atoms with van der Waals surface area (Å²) in [5.41, 5.74) is 5.62. The molecule has 2 aromatic carbocycles. The van der Waals surface area contributed by atoms with Crippen LogP contribution < -0.4 is 0 Å². The van der Waals surface area contributed by atoms with Gasteiger partial charge in [0.25, 0.3) is 0 Å². The quantitative estimate of drug-likeness (QED) is 0.268. The first-order valence-corrected chi connectivity index (χ1v) is 14.0. The molecule has 0 saturated heterocycles. The molecule has 0 radical (unpaired) electrons. The Hall–Kier alpha value is -3.45. The molecule has 7 nitrogen and oxygen atoms in total. The van der Waals surface area contributed by atoms with E-state index in [0.29, 0.717) is 18.5 Å². The maximum Gasteiger partial charge on any atom is 0.226 e. The summed E-state index contributed by atoms with van der Waals surface area (Å²) in [6, 6.07) is 17.5. The Morgan fingerprint density at radius 2 is 1.97 bits per heavy atom. The van der Waals surface area contributed by atoms with Crippen LogP contribution in [0, 0.1) is 5.92 Å². The van der Waals surface area contributed by atoms with E-state index in [1.807, 2.05) is 0 Å². The van der Waals surface area contributed by atoms with Gasteiger partial charge in [0, 0.05) is 61.4 Å². The zero-order valence-corrected chi connectivity index (χ0v) is 22.2. The van der Waals surface area contributed by atoms with Gasteiger partial charge in [0.1, 0.15) is 5.69 Å². The number of hydrogen-bond donors (Lipinski definition) is 1. The number of carbonyl (C=O) groups excluding carboxylic acids is 1. The number of nitrogens with one attached hydrogen (secondary N) is 1. The van der Waals surface area contributed by atoms with Gasteiger partial charge in [-0.25, -0.2) is 0 Å². The van der Waals surface area contributed by atoms with Gasteiger partial charge in [-0.1, -0.05) is 49.2 Å². The van der Waals surface area contributed by atoms with Crippen LogP contribution in [0.5, 0.6) is 0 Å². The molecule has 38 heavy (non-hydrogen) atoms. The van der Waals surface area contributed by atoms with Crippen LogP contribution in [0.1, 0.15) is 62.0 Å². The summed E-state index contributed by atoms with van der Waals surface area (Å²) >= 11 is 0. The lowest BCUT2D eigenvalue weighted by Crippen LogP contribution is -2.40. The predicted molar refractivity (Wildman–Crippen MR) is 149 cm³/mol. The number of carbonyl (C=O) groups is 1. The highest BCUT2D eigenvalue weighted by atomic mass is 16.5. The second kappa shape index (κ2) is 11.1. The van der Waals surface area contributed by atoms with E-state index in [1.165, 1.54) is 28.5 Å². The minimum absolute atomic E-state index is 0.0203. The Balaban J connectivity index is 1.27. The van der Waals surface area contributed by atoms with E-state index < -0.39 is 0 Å². The molecule has 2 atom stereocenters. The van der Waals surface area contributed by atoms with Gasteiger partial charge in [-0.2, -0.15) is 15.4 Å². The number of hydrogen-bond acceptors (Lipinski definition) is 4. The summed E-state index contributed by atoms with van der Waals surface area (Å²) in [6.45, 7) is 2.34. The topological polar surface area (TPSA) is 76.0 Å². The van der Waals surface area contributed by atoms with E-state index in [4.69, 9.17) is 4.74 Å². The summed E-state index contributed by atoms with van der Waals surface area (Å²) in [5.74, 6) is 0.590. The molecule has 4 aromatic rings. The number of nitrogens with zero attached hydrogens (tertiary/aromatic N) is 4. The normalized spacial score (nSPS) is 19.6. The standard InChI is InChI=1S/C31H37N5O2/c1-38-17-7-16-35-20-24(27-11-4-5-13-30(27)35)21-36(25-14-15-25)31(37)28-12-3-2-10-26(28)22-8-6-9-23(18-22)29-19-32-34-33-29/h4-6,8-9,11,13,18-20,25-26,28H,2-3,7,10,12,14-17,21H2,1H3,(H,32,33,34)/t26-,28+/m1/s1. The third-order valence-electron chi connectivity index (χ3n) is 8.34. The first-order valence-electron chi connectivity index (χ1n) is 14.0. The van der Waals surface area contributed by atoms with Crippen LogP contribution in [0.3, 0.4) is 0 Å². The predicted octanol–water partition coefficient (Wildman–Crippen LogP) is 5.93. The van der Waals surface area contributed by atoms with Crippen molar-refractivity contribution in [2.45, 2.75) is 70.0 Å². The first kappa shape index (κ1) is 24.9. The van der Waals surface area contributed by atoms with E-state index in [0.717, 1.165) is 62.9 Å². The van der Waals surface area contributed by atoms with Crippen molar-refractivity contribution in [3.8, 4) is 11.3 Å². The monoisotopic (exact) mass is 511 g/mol. The number of H-pyrrole nitrogens is 1. The Morgan fingerprint density at radius 1 is 1.11 bits per heavy atom. The third kappa shape index (κ3) is 5.12. The molecule has 198 valence electrons. The molecular weight excluding hydrogens is 474 g/mol. The lowest BCUT2D eigenvalue weighted by Gasteiger charge is -2.35. The molecule has 1 N–H and O–H groups in total. The van der Waals surface area contributed by atoms with Crippen LogP contribution in [-0.2, 0) is 22.6 Å². The van der Waals surface area contributed by atoms with Crippen LogP contribution in [0.4, 0.5) is 0 Å². The van der Waals surface area contributed by atoms with Crippen molar-refractivity contribution in [3.05, 3.63) is 72.1 Å². The van der Waals surface area contributed by atoms with E-state index in [9.17, 15) is 4.79 Å². The van der Waals surface area contributed by atoms with Crippen molar-refractivity contribution in [2.75, 3.05) is 13.7 Å². The Kier molecular flexibility index (Phi) is 7.27. The molecule has 2 aliphatic carbocycles. The average Bonchev–Trinajstić information content (AvgIpc) is 3.53. The third-order valence-corrected chi connectivity index (χ3v) is 8.34. The zero-order valence-electron chi connectivity index (χ0n) is 22.2. The number of aromatic nitrogens is 4. The summed E-state index contributed by atoms with van der Waals surface area (Å²) in [7, 11) is 1.75. The number of aryl methyl sites for hydroxylation is 1. The van der Waals surface area contributed by atoms with Crippen molar-refractivity contribution in [3.63, 3.8) is 0 Å². The van der Waals surface area contributed by atoms with Gasteiger partial charge in [-0.05, 0) is 61.3 Å². The molecule has 2 aromatic heterocycles. The molecule has 2 saturated carbocycles. The second-order valence-electron chi connectivity index (χ2n) is 10.9. The van der Waals surface area contributed by atoms with Crippen molar-refractivity contribution in [1.29, 1.82) is 0 Å². The molecule has 0 unspecified atom stereocenters. The highest BCUT2D eigenvalue weighted by molar-refractivity contribution is 5.85. The maximum absolute atomic E-state index is 14.3. The SMILES string of the molecule is COCCCn1cc(CN(C(=O)[C@H]2CCCC[C@@H]2c2cccc(-c3cn[nH]n3)c2)C2CC2)c2ccccc21. The van der Waals surface area contributed by atoms with Gasteiger partial charge in [-0.15, -0.1) is 0 Å². The van der Waals surface area contributed by atoms with Gasteiger partial charge in [0.05, 0.1) is 6.20 Å². The molecule has 7 heteroatoms. The number of fused-ring (bicyclic) bond motifs is 1. The van der Waals surface area contributed by atoms with Crippen molar-refractivity contribution in [2.24, 2.45) is 5.92 Å². The number of methoxy groups -OCH3 is 1. The van der Waals surface area contributed by atoms with Gasteiger partial charge < -0.3 is 14.2 Å². The van der Waals surface area contributed by atoms with Crippen LogP contribution in [0.15, 0.2) is 60.9 Å². The van der Waals surface area contributed by atoms with Gasteiger partial charge in [0.2, 0.25) is 5.91 Å². The summed E-state index contributed by atoms with van der Waals surface area (Å²) in [5, 5.41) is 12.2. The molecular formula is C31H37N5O2. The number of rotatable bonds is 10. The first-order chi connectivity index (χ1) is 18.7. The van der Waals surface area contributed by atoms with Crippen LogP contribution in [0.25, 0.3) is 22.2 Å². The lowest BCUT2D eigenvalue weighted by molar-refractivity contribution is -0.138. The molecule has 2 aliphatic rings. The molecule has 1 amide bonds. The Bertz CT molecular complexity index is 1370. The molecule has 0 aliphatic heterocycles. The summed E-state index contributed by atoms with van der Waals surface area (Å²) in [6.07, 6.45) is 11.5. The molecule has 0 bridgehead atoms. The number of ether oxygens (including phenoxy) is 1. The van der Waals surface area contributed by atoms with Crippen molar-refractivity contribution >= 4 is 16.8 Å². The molecule has 0 spiro atoms. The second-order valence-corrected chi connectivity index (χ2v) is 10.9. The van der Waals surface area contributed by atoms with Crippen LogP contribution in [-0.4, -0.2) is 50.5 Å². The highest BCUT2D eigenvalue weighted by Gasteiger charge is 2.40. The van der Waals surface area contributed by atoms with Crippen molar-refractivity contribution < 1.29 is 9.53 Å².